The highest BCUT2D eigenvalue weighted by molar-refractivity contribution is 7.99. The van der Waals surface area contributed by atoms with Crippen LogP contribution in [0.3, 0.4) is 0 Å². The van der Waals surface area contributed by atoms with Crippen LogP contribution in [0, 0.1) is 19.8 Å². The standard InChI is InChI=1S/C26H32N4O4S2/c1-6-33-25(32)23-18-9-7-16(3)12-20(18)36-24(23)27-22(31)14-35-26-29-28-21(30(26)5)13-34-19-10-8-15(2)11-17(19)4/h8,10-11,16H,6-7,9,12-14H2,1-5H3,(H,27,31). The smallest absolute Gasteiger partial charge is 0.341 e. The van der Waals surface area contributed by atoms with Crippen molar-refractivity contribution in [2.75, 3.05) is 17.7 Å². The Morgan fingerprint density at radius 3 is 2.83 bits per heavy atom. The molecular weight excluding hydrogens is 496 g/mol. The highest BCUT2D eigenvalue weighted by Crippen LogP contribution is 2.40. The second kappa shape index (κ2) is 11.5. The molecule has 4 rings (SSSR count). The molecule has 8 nitrogen and oxygen atoms in total. The molecule has 1 aliphatic rings. The van der Waals surface area contributed by atoms with Gasteiger partial charge in [-0.05, 0) is 63.1 Å². The number of aryl methyl sites for hydroxylation is 2. The Kier molecular flexibility index (Phi) is 8.35. The average molecular weight is 529 g/mol. The number of nitrogens with zero attached hydrogens (tertiary/aromatic N) is 3. The summed E-state index contributed by atoms with van der Waals surface area (Å²) in [5.74, 6) is 1.62. The Balaban J connectivity index is 1.39. The summed E-state index contributed by atoms with van der Waals surface area (Å²) >= 11 is 2.78. The van der Waals surface area contributed by atoms with Gasteiger partial charge in [0.15, 0.2) is 11.0 Å². The van der Waals surface area contributed by atoms with E-state index in [1.54, 1.807) is 6.92 Å². The molecule has 1 aromatic carbocycles. The van der Waals surface area contributed by atoms with Gasteiger partial charge in [0.2, 0.25) is 5.91 Å². The predicted molar refractivity (Wildman–Crippen MR) is 142 cm³/mol. The lowest BCUT2D eigenvalue weighted by molar-refractivity contribution is -0.113. The molecule has 1 N–H and O–H groups in total. The van der Waals surface area contributed by atoms with Crippen molar-refractivity contribution in [3.63, 3.8) is 0 Å². The SMILES string of the molecule is CCOC(=O)c1c(NC(=O)CSc2nnc(COc3ccc(C)cc3C)n2C)sc2c1CCC(C)C2. The van der Waals surface area contributed by atoms with Crippen molar-refractivity contribution >= 4 is 40.0 Å². The predicted octanol–water partition coefficient (Wildman–Crippen LogP) is 5.10. The van der Waals surface area contributed by atoms with Crippen molar-refractivity contribution in [2.24, 2.45) is 13.0 Å². The van der Waals surface area contributed by atoms with Crippen LogP contribution >= 0.6 is 23.1 Å². The Labute approximate surface area is 219 Å². The number of benzene rings is 1. The summed E-state index contributed by atoms with van der Waals surface area (Å²) in [7, 11) is 1.86. The summed E-state index contributed by atoms with van der Waals surface area (Å²) < 4.78 is 13.1. The number of amides is 1. The van der Waals surface area contributed by atoms with E-state index in [2.05, 4.69) is 28.5 Å². The lowest BCUT2D eigenvalue weighted by Crippen LogP contribution is -2.18. The number of carbonyl (C=O) groups is 2. The molecule has 1 amide bonds. The summed E-state index contributed by atoms with van der Waals surface area (Å²) in [5, 5.41) is 12.6. The van der Waals surface area contributed by atoms with Gasteiger partial charge in [0.1, 0.15) is 17.4 Å². The maximum atomic E-state index is 12.8. The summed E-state index contributed by atoms with van der Waals surface area (Å²) in [6.45, 7) is 8.63. The van der Waals surface area contributed by atoms with Gasteiger partial charge in [0, 0.05) is 11.9 Å². The van der Waals surface area contributed by atoms with Gasteiger partial charge in [-0.15, -0.1) is 21.5 Å². The number of thiophene rings is 1. The van der Waals surface area contributed by atoms with Gasteiger partial charge < -0.3 is 19.4 Å². The molecule has 36 heavy (non-hydrogen) atoms. The van der Waals surface area contributed by atoms with Crippen LogP contribution in [0.15, 0.2) is 23.4 Å². The second-order valence-corrected chi connectivity index (χ2v) is 11.2. The lowest BCUT2D eigenvalue weighted by Gasteiger charge is -2.18. The van der Waals surface area contributed by atoms with Gasteiger partial charge >= 0.3 is 5.97 Å². The largest absolute Gasteiger partial charge is 0.485 e. The number of hydrogen-bond donors (Lipinski definition) is 1. The first kappa shape index (κ1) is 26.2. The third-order valence-electron chi connectivity index (χ3n) is 6.19. The van der Waals surface area contributed by atoms with E-state index in [4.69, 9.17) is 9.47 Å². The first-order valence-corrected chi connectivity index (χ1v) is 13.9. The molecule has 0 spiro atoms. The van der Waals surface area contributed by atoms with E-state index in [-0.39, 0.29) is 24.2 Å². The average Bonchev–Trinajstić information content (AvgIpc) is 3.36. The molecule has 192 valence electrons. The van der Waals surface area contributed by atoms with Crippen LogP contribution in [0.1, 0.15) is 58.0 Å². The molecule has 10 heteroatoms. The molecule has 2 heterocycles. The van der Waals surface area contributed by atoms with Crippen LogP contribution in [0.25, 0.3) is 0 Å². The van der Waals surface area contributed by atoms with Crippen molar-refractivity contribution in [2.45, 2.75) is 58.7 Å². The Hall–Kier alpha value is -2.85. The summed E-state index contributed by atoms with van der Waals surface area (Å²) in [6.07, 6.45) is 2.78. The van der Waals surface area contributed by atoms with Crippen LogP contribution in [-0.2, 0) is 36.0 Å². The van der Waals surface area contributed by atoms with Gasteiger partial charge in [-0.1, -0.05) is 36.4 Å². The number of ether oxygens (including phenoxy) is 2. The minimum absolute atomic E-state index is 0.144. The summed E-state index contributed by atoms with van der Waals surface area (Å²) in [5.41, 5.74) is 3.80. The van der Waals surface area contributed by atoms with E-state index in [1.807, 2.05) is 37.6 Å². The van der Waals surface area contributed by atoms with E-state index in [9.17, 15) is 9.59 Å². The van der Waals surface area contributed by atoms with Crippen molar-refractivity contribution in [1.82, 2.24) is 14.8 Å². The molecule has 0 radical (unpaired) electrons. The molecule has 0 aliphatic heterocycles. The van der Waals surface area contributed by atoms with Gasteiger partial charge in [-0.3, -0.25) is 4.79 Å². The number of thioether (sulfide) groups is 1. The van der Waals surface area contributed by atoms with Gasteiger partial charge in [-0.2, -0.15) is 0 Å². The normalized spacial score (nSPS) is 14.9. The van der Waals surface area contributed by atoms with Crippen LogP contribution in [0.5, 0.6) is 5.75 Å². The number of anilines is 1. The van der Waals surface area contributed by atoms with E-state index < -0.39 is 0 Å². The first-order chi connectivity index (χ1) is 17.3. The van der Waals surface area contributed by atoms with Gasteiger partial charge in [0.25, 0.3) is 0 Å². The minimum atomic E-state index is -0.366. The molecule has 2 aromatic heterocycles. The van der Waals surface area contributed by atoms with Crippen molar-refractivity contribution in [3.05, 3.63) is 51.2 Å². The fourth-order valence-corrected chi connectivity index (χ4v) is 6.40. The molecule has 3 aromatic rings. The highest BCUT2D eigenvalue weighted by Gasteiger charge is 2.29. The zero-order chi connectivity index (χ0) is 25.8. The number of hydrogen-bond acceptors (Lipinski definition) is 8. The van der Waals surface area contributed by atoms with Crippen LogP contribution in [-0.4, -0.2) is 39.0 Å². The fraction of sp³-hybridized carbons (Fsp3) is 0.462. The Morgan fingerprint density at radius 2 is 2.08 bits per heavy atom. The van der Waals surface area contributed by atoms with E-state index >= 15 is 0 Å². The first-order valence-electron chi connectivity index (χ1n) is 12.1. The number of nitrogens with one attached hydrogen (secondary N) is 1. The third kappa shape index (κ3) is 5.92. The van der Waals surface area contributed by atoms with E-state index in [0.29, 0.717) is 34.1 Å². The quantitative estimate of drug-likeness (QED) is 0.305. The number of fused-ring (bicyclic) bond motifs is 1. The molecule has 1 unspecified atom stereocenters. The molecule has 1 aliphatic carbocycles. The maximum absolute atomic E-state index is 12.8. The van der Waals surface area contributed by atoms with Crippen LogP contribution in [0.4, 0.5) is 5.00 Å². The highest BCUT2D eigenvalue weighted by atomic mass is 32.2. The van der Waals surface area contributed by atoms with Crippen molar-refractivity contribution in [1.29, 1.82) is 0 Å². The van der Waals surface area contributed by atoms with Crippen molar-refractivity contribution < 1.29 is 19.1 Å². The molecule has 0 saturated heterocycles. The van der Waals surface area contributed by atoms with Crippen molar-refractivity contribution in [3.8, 4) is 5.75 Å². The molecule has 0 saturated carbocycles. The molecule has 1 atom stereocenters. The topological polar surface area (TPSA) is 95.3 Å². The van der Waals surface area contributed by atoms with E-state index in [0.717, 1.165) is 36.1 Å². The monoisotopic (exact) mass is 528 g/mol. The minimum Gasteiger partial charge on any atom is -0.485 e. The van der Waals surface area contributed by atoms with E-state index in [1.165, 1.54) is 33.5 Å². The van der Waals surface area contributed by atoms with Gasteiger partial charge in [-0.25, -0.2) is 4.79 Å². The molecular formula is C26H32N4O4S2. The zero-order valence-electron chi connectivity index (χ0n) is 21.3. The number of aromatic nitrogens is 3. The maximum Gasteiger partial charge on any atom is 0.341 e. The third-order valence-corrected chi connectivity index (χ3v) is 8.38. The number of esters is 1. The van der Waals surface area contributed by atoms with Crippen LogP contribution < -0.4 is 10.1 Å². The second-order valence-electron chi connectivity index (χ2n) is 9.13. The number of rotatable bonds is 9. The van der Waals surface area contributed by atoms with Crippen LogP contribution in [0.2, 0.25) is 0 Å². The molecule has 0 fully saturated rings. The Morgan fingerprint density at radius 1 is 1.28 bits per heavy atom. The van der Waals surface area contributed by atoms with Gasteiger partial charge in [0.05, 0.1) is 17.9 Å². The molecule has 0 bridgehead atoms. The summed E-state index contributed by atoms with van der Waals surface area (Å²) in [4.78, 5) is 26.7. The fourth-order valence-electron chi connectivity index (χ4n) is 4.25. The summed E-state index contributed by atoms with van der Waals surface area (Å²) in [6, 6.07) is 6.04. The zero-order valence-corrected chi connectivity index (χ0v) is 23.0. The number of carbonyl (C=O) groups excluding carboxylic acids is 2. The lowest BCUT2D eigenvalue weighted by atomic mass is 9.88. The Bertz CT molecular complexity index is 1270.